The highest BCUT2D eigenvalue weighted by atomic mass is 16.5. The van der Waals surface area contributed by atoms with E-state index in [0.717, 1.165) is 31.9 Å². The van der Waals surface area contributed by atoms with Gasteiger partial charge >= 0.3 is 0 Å². The molecule has 0 atom stereocenters. The molecule has 3 rings (SSSR count). The van der Waals surface area contributed by atoms with E-state index in [1.54, 1.807) is 6.07 Å². The van der Waals surface area contributed by atoms with Gasteiger partial charge in [-0.25, -0.2) is 0 Å². The first-order chi connectivity index (χ1) is 12.2. The Hall–Kier alpha value is -2.55. The summed E-state index contributed by atoms with van der Waals surface area (Å²) < 4.78 is 5.43. The minimum absolute atomic E-state index is 0.470. The Bertz CT molecular complexity index is 676. The number of nitrogens with two attached hydrogens (primary N) is 1. The van der Waals surface area contributed by atoms with Crippen molar-refractivity contribution < 1.29 is 4.74 Å². The summed E-state index contributed by atoms with van der Waals surface area (Å²) in [5.41, 5.74) is 8.35. The predicted molar refractivity (Wildman–Crippen MR) is 102 cm³/mol. The summed E-state index contributed by atoms with van der Waals surface area (Å²) in [4.78, 5) is 2.22. The molecule has 5 heteroatoms. The van der Waals surface area contributed by atoms with Crippen molar-refractivity contribution in [2.24, 2.45) is 5.73 Å². The lowest BCUT2D eigenvalue weighted by molar-refractivity contribution is 0.328. The fourth-order valence-electron chi connectivity index (χ4n) is 2.59. The third-order valence-corrected chi connectivity index (χ3v) is 3.87. The van der Waals surface area contributed by atoms with Gasteiger partial charge in [0.25, 0.3) is 0 Å². The number of benzene rings is 2. The quantitative estimate of drug-likeness (QED) is 0.895. The number of anilines is 1. The number of hydrogen-bond acceptors (Lipinski definition) is 5. The van der Waals surface area contributed by atoms with E-state index in [9.17, 15) is 5.26 Å². The molecule has 0 amide bonds. The molecule has 1 aliphatic heterocycles. The van der Waals surface area contributed by atoms with Crippen LogP contribution in [0.15, 0.2) is 48.5 Å². The zero-order chi connectivity index (χ0) is 17.9. The molecule has 1 heterocycles. The molecule has 0 spiro atoms. The van der Waals surface area contributed by atoms with Gasteiger partial charge in [-0.05, 0) is 25.1 Å². The van der Waals surface area contributed by atoms with Gasteiger partial charge < -0.3 is 20.7 Å². The summed E-state index contributed by atoms with van der Waals surface area (Å²) in [7, 11) is 0. The van der Waals surface area contributed by atoms with Crippen LogP contribution in [0.1, 0.15) is 11.1 Å². The molecule has 0 saturated carbocycles. The lowest BCUT2D eigenvalue weighted by Gasteiger charge is -2.30. The van der Waals surface area contributed by atoms with Crippen LogP contribution in [-0.2, 0) is 0 Å². The summed E-state index contributed by atoms with van der Waals surface area (Å²) in [6, 6.07) is 18.1. The van der Waals surface area contributed by atoms with Crippen LogP contribution in [0.5, 0.6) is 5.75 Å². The molecule has 0 unspecified atom stereocenters. The molecule has 132 valence electrons. The molecule has 1 aliphatic rings. The van der Waals surface area contributed by atoms with Crippen LogP contribution in [0.25, 0.3) is 0 Å². The topological polar surface area (TPSA) is 74.3 Å². The number of piperazine rings is 1. The van der Waals surface area contributed by atoms with Gasteiger partial charge in [0.1, 0.15) is 18.4 Å². The van der Waals surface area contributed by atoms with Gasteiger partial charge in [0.2, 0.25) is 0 Å². The maximum absolute atomic E-state index is 9.23. The van der Waals surface area contributed by atoms with Crippen molar-refractivity contribution in [3.8, 4) is 11.8 Å². The summed E-state index contributed by atoms with van der Waals surface area (Å²) >= 11 is 0. The maximum atomic E-state index is 9.23. The van der Waals surface area contributed by atoms with Crippen molar-refractivity contribution in [1.29, 1.82) is 5.26 Å². The number of nitrogens with one attached hydrogen (secondary N) is 1. The van der Waals surface area contributed by atoms with E-state index in [4.69, 9.17) is 10.5 Å². The zero-order valence-electron chi connectivity index (χ0n) is 14.7. The number of nitrogens with zero attached hydrogens (tertiary/aromatic N) is 2. The monoisotopic (exact) mass is 338 g/mol. The smallest absolute Gasteiger partial charge is 0.120 e. The Balaban J connectivity index is 0.000000269. The normalized spacial score (nSPS) is 13.4. The van der Waals surface area contributed by atoms with Crippen molar-refractivity contribution in [3.63, 3.8) is 0 Å². The van der Waals surface area contributed by atoms with Crippen LogP contribution in [0.2, 0.25) is 0 Å². The van der Waals surface area contributed by atoms with Crippen LogP contribution in [0, 0.1) is 18.3 Å². The molecule has 1 fully saturated rings. The highest BCUT2D eigenvalue weighted by Gasteiger charge is 2.14. The van der Waals surface area contributed by atoms with Gasteiger partial charge in [0, 0.05) is 32.7 Å². The Labute approximate surface area is 150 Å². The largest absolute Gasteiger partial charge is 0.492 e. The van der Waals surface area contributed by atoms with Crippen LogP contribution in [0.4, 0.5) is 5.69 Å². The Morgan fingerprint density at radius 3 is 2.44 bits per heavy atom. The molecule has 0 aliphatic carbocycles. The fourth-order valence-corrected chi connectivity index (χ4v) is 2.59. The number of hydrogen-bond donors (Lipinski definition) is 2. The standard InChI is InChI=1S/C13H18N4O.C7H8/c14-3-8-18-12-1-2-13(11(9-12)10-15)17-6-4-16-5-7-17;1-7-5-3-2-4-6-7/h1-2,9,16H,3-8,14H2;2-6H,1H3. The first kappa shape index (κ1) is 18.8. The average molecular weight is 338 g/mol. The van der Waals surface area contributed by atoms with E-state index >= 15 is 0 Å². The second-order valence-corrected chi connectivity index (χ2v) is 5.82. The first-order valence-corrected chi connectivity index (χ1v) is 8.59. The van der Waals surface area contributed by atoms with Crippen LogP contribution >= 0.6 is 0 Å². The van der Waals surface area contributed by atoms with Gasteiger partial charge in [-0.2, -0.15) is 5.26 Å². The lowest BCUT2D eigenvalue weighted by Crippen LogP contribution is -2.43. The summed E-state index contributed by atoms with van der Waals surface area (Å²) in [6.07, 6.45) is 0. The van der Waals surface area contributed by atoms with Crippen molar-refractivity contribution in [1.82, 2.24) is 5.32 Å². The fraction of sp³-hybridized carbons (Fsp3) is 0.350. The maximum Gasteiger partial charge on any atom is 0.120 e. The summed E-state index contributed by atoms with van der Waals surface area (Å²) in [6.45, 7) is 6.79. The lowest BCUT2D eigenvalue weighted by atomic mass is 10.1. The first-order valence-electron chi connectivity index (χ1n) is 8.59. The number of aryl methyl sites for hydroxylation is 1. The third-order valence-electron chi connectivity index (χ3n) is 3.87. The molecule has 0 radical (unpaired) electrons. The van der Waals surface area contributed by atoms with Gasteiger partial charge in [0.15, 0.2) is 0 Å². The Morgan fingerprint density at radius 2 is 1.88 bits per heavy atom. The molecule has 1 saturated heterocycles. The van der Waals surface area contributed by atoms with E-state index in [2.05, 4.69) is 35.3 Å². The number of ether oxygens (including phenoxy) is 1. The third kappa shape index (κ3) is 6.11. The molecule has 2 aromatic carbocycles. The zero-order valence-corrected chi connectivity index (χ0v) is 14.7. The Kier molecular flexibility index (Phi) is 7.77. The number of nitriles is 1. The van der Waals surface area contributed by atoms with Crippen molar-refractivity contribution in [2.45, 2.75) is 6.92 Å². The second-order valence-electron chi connectivity index (χ2n) is 5.82. The highest BCUT2D eigenvalue weighted by Crippen LogP contribution is 2.25. The molecule has 5 nitrogen and oxygen atoms in total. The Morgan fingerprint density at radius 1 is 1.16 bits per heavy atom. The average Bonchev–Trinajstić information content (AvgIpc) is 2.68. The molecule has 0 aromatic heterocycles. The predicted octanol–water partition coefficient (Wildman–Crippen LogP) is 2.30. The van der Waals surface area contributed by atoms with Crippen LogP contribution < -0.4 is 20.7 Å². The summed E-state index contributed by atoms with van der Waals surface area (Å²) in [5.74, 6) is 0.705. The summed E-state index contributed by atoms with van der Waals surface area (Å²) in [5, 5.41) is 12.5. The van der Waals surface area contributed by atoms with Gasteiger partial charge in [-0.3, -0.25) is 0 Å². The van der Waals surface area contributed by atoms with Crippen molar-refractivity contribution in [2.75, 3.05) is 44.2 Å². The molecule has 25 heavy (non-hydrogen) atoms. The van der Waals surface area contributed by atoms with E-state index < -0.39 is 0 Å². The van der Waals surface area contributed by atoms with Gasteiger partial charge in [-0.1, -0.05) is 35.9 Å². The van der Waals surface area contributed by atoms with E-state index in [1.807, 2.05) is 30.3 Å². The van der Waals surface area contributed by atoms with E-state index in [-0.39, 0.29) is 0 Å². The molecular weight excluding hydrogens is 312 g/mol. The van der Waals surface area contributed by atoms with Crippen LogP contribution in [0.3, 0.4) is 0 Å². The SMILES string of the molecule is Cc1ccccc1.N#Cc1cc(OCCN)ccc1N1CCNCC1. The minimum Gasteiger partial charge on any atom is -0.492 e. The van der Waals surface area contributed by atoms with Crippen molar-refractivity contribution >= 4 is 5.69 Å². The molecule has 3 N–H and O–H groups in total. The second kappa shape index (κ2) is 10.3. The van der Waals surface area contributed by atoms with Gasteiger partial charge in [-0.15, -0.1) is 0 Å². The molecular formula is C20H26N4O. The highest BCUT2D eigenvalue weighted by molar-refractivity contribution is 5.61. The van der Waals surface area contributed by atoms with Crippen molar-refractivity contribution in [3.05, 3.63) is 59.7 Å². The van der Waals surface area contributed by atoms with Gasteiger partial charge in [0.05, 0.1) is 11.3 Å². The number of rotatable bonds is 4. The van der Waals surface area contributed by atoms with E-state index in [1.165, 1.54) is 5.56 Å². The molecule has 0 bridgehead atoms. The molecule has 2 aromatic rings. The van der Waals surface area contributed by atoms with Crippen LogP contribution in [-0.4, -0.2) is 39.3 Å². The van der Waals surface area contributed by atoms with E-state index in [0.29, 0.717) is 24.5 Å². The minimum atomic E-state index is 0.470.